The Hall–Kier alpha value is -1.63. The molecular weight excluding hydrogens is 334 g/mol. The minimum atomic E-state index is -1.03. The predicted octanol–water partition coefficient (Wildman–Crippen LogP) is 2.40. The normalized spacial score (nSPS) is 24.0. The molecule has 2 atom stereocenters. The van der Waals surface area contributed by atoms with Gasteiger partial charge in [0.2, 0.25) is 0 Å². The van der Waals surface area contributed by atoms with Crippen LogP contribution in [0.15, 0.2) is 18.2 Å². The van der Waals surface area contributed by atoms with E-state index in [1.807, 2.05) is 39.0 Å². The van der Waals surface area contributed by atoms with Crippen LogP contribution in [0.4, 0.5) is 0 Å². The van der Waals surface area contributed by atoms with E-state index in [1.165, 1.54) is 0 Å². The van der Waals surface area contributed by atoms with Gasteiger partial charge in [0.15, 0.2) is 0 Å². The summed E-state index contributed by atoms with van der Waals surface area (Å²) in [5.74, 6) is -0.220. The molecule has 0 radical (unpaired) electrons. The highest BCUT2D eigenvalue weighted by Crippen LogP contribution is 2.37. The topological polar surface area (TPSA) is 90.2 Å². The molecule has 26 heavy (non-hydrogen) atoms. The van der Waals surface area contributed by atoms with Crippen molar-refractivity contribution in [3.8, 4) is 5.75 Å². The molecule has 0 unspecified atom stereocenters. The third kappa shape index (κ3) is 4.55. The minimum Gasteiger partial charge on any atom is -0.491 e. The quantitative estimate of drug-likeness (QED) is 0.655. The number of carboxylic acid groups (broad SMARTS) is 1. The maximum atomic E-state index is 11.7. The molecule has 1 aromatic rings. The highest BCUT2D eigenvalue weighted by atomic mass is 16.5. The Labute approximate surface area is 155 Å². The second kappa shape index (κ2) is 8.84. The van der Waals surface area contributed by atoms with Gasteiger partial charge in [0.25, 0.3) is 0 Å². The summed E-state index contributed by atoms with van der Waals surface area (Å²) in [4.78, 5) is 13.8. The molecule has 0 saturated carbocycles. The zero-order valence-electron chi connectivity index (χ0n) is 15.9. The molecule has 0 aliphatic carbocycles. The Balaban J connectivity index is 2.07. The number of ether oxygens (including phenoxy) is 1. The molecule has 2 rings (SSSR count). The number of benzene rings is 1. The number of aliphatic hydroxyl groups excluding tert-OH is 2. The molecule has 146 valence electrons. The van der Waals surface area contributed by atoms with E-state index in [4.69, 9.17) is 4.74 Å². The Kier molecular flexibility index (Phi) is 7.03. The third-order valence-electron chi connectivity index (χ3n) is 5.13. The molecule has 1 aliphatic heterocycles. The van der Waals surface area contributed by atoms with Crippen LogP contribution in [0, 0.1) is 5.41 Å². The van der Waals surface area contributed by atoms with Crippen molar-refractivity contribution in [2.75, 3.05) is 13.1 Å². The lowest BCUT2D eigenvalue weighted by Gasteiger charge is -2.42. The van der Waals surface area contributed by atoms with Crippen LogP contribution in [-0.2, 0) is 17.9 Å². The number of hydrogen-bond acceptors (Lipinski definition) is 5. The molecule has 6 heteroatoms. The van der Waals surface area contributed by atoms with Crippen molar-refractivity contribution in [1.82, 2.24) is 4.90 Å². The first-order valence-electron chi connectivity index (χ1n) is 9.35. The van der Waals surface area contributed by atoms with Crippen LogP contribution in [0.1, 0.15) is 51.2 Å². The number of aliphatic hydroxyl groups is 2. The van der Waals surface area contributed by atoms with Gasteiger partial charge in [0.05, 0.1) is 24.2 Å². The van der Waals surface area contributed by atoms with Crippen molar-refractivity contribution < 1.29 is 24.9 Å². The predicted molar refractivity (Wildman–Crippen MR) is 99.0 cm³/mol. The molecule has 1 aromatic carbocycles. The van der Waals surface area contributed by atoms with Gasteiger partial charge in [-0.2, -0.15) is 0 Å². The fourth-order valence-electron chi connectivity index (χ4n) is 3.75. The van der Waals surface area contributed by atoms with Gasteiger partial charge >= 0.3 is 5.97 Å². The van der Waals surface area contributed by atoms with Gasteiger partial charge in [-0.1, -0.05) is 19.4 Å². The van der Waals surface area contributed by atoms with Gasteiger partial charge in [-0.05, 0) is 50.9 Å². The molecule has 0 bridgehead atoms. The first-order valence-corrected chi connectivity index (χ1v) is 9.35. The van der Waals surface area contributed by atoms with Crippen LogP contribution in [0.25, 0.3) is 0 Å². The Morgan fingerprint density at radius 3 is 2.69 bits per heavy atom. The lowest BCUT2D eigenvalue weighted by molar-refractivity contribution is -0.164. The maximum absolute atomic E-state index is 11.7. The van der Waals surface area contributed by atoms with Crippen LogP contribution in [-0.4, -0.2) is 51.5 Å². The number of carbonyl (C=O) groups is 1. The number of carboxylic acids is 1. The zero-order chi connectivity index (χ0) is 19.3. The number of rotatable bonds is 8. The van der Waals surface area contributed by atoms with E-state index in [2.05, 4.69) is 4.90 Å². The molecule has 6 nitrogen and oxygen atoms in total. The smallest absolute Gasteiger partial charge is 0.312 e. The largest absolute Gasteiger partial charge is 0.491 e. The van der Waals surface area contributed by atoms with Gasteiger partial charge in [-0.15, -0.1) is 0 Å². The van der Waals surface area contributed by atoms with Crippen LogP contribution >= 0.6 is 0 Å². The van der Waals surface area contributed by atoms with E-state index < -0.39 is 17.5 Å². The van der Waals surface area contributed by atoms with Gasteiger partial charge in [-0.3, -0.25) is 9.69 Å². The van der Waals surface area contributed by atoms with Gasteiger partial charge < -0.3 is 20.1 Å². The van der Waals surface area contributed by atoms with Gasteiger partial charge in [0.1, 0.15) is 5.75 Å². The molecule has 0 aromatic heterocycles. The van der Waals surface area contributed by atoms with Crippen LogP contribution < -0.4 is 4.74 Å². The molecule has 1 fully saturated rings. The number of piperidine rings is 1. The van der Waals surface area contributed by atoms with Crippen LogP contribution in [0.2, 0.25) is 0 Å². The molecule has 0 spiro atoms. The molecule has 1 saturated heterocycles. The monoisotopic (exact) mass is 365 g/mol. The van der Waals surface area contributed by atoms with Crippen molar-refractivity contribution in [2.24, 2.45) is 5.41 Å². The summed E-state index contributed by atoms with van der Waals surface area (Å²) in [5.41, 5.74) is 0.714. The van der Waals surface area contributed by atoms with Crippen molar-refractivity contribution >= 4 is 5.97 Å². The fraction of sp³-hybridized carbons (Fsp3) is 0.650. The molecule has 3 N–H and O–H groups in total. The first kappa shape index (κ1) is 20.7. The summed E-state index contributed by atoms with van der Waals surface area (Å²) in [6, 6.07) is 5.73. The number of nitrogens with zero attached hydrogens (tertiary/aromatic N) is 1. The number of likely N-dealkylation sites (tertiary alicyclic amines) is 1. The maximum Gasteiger partial charge on any atom is 0.312 e. The summed E-state index contributed by atoms with van der Waals surface area (Å²) in [7, 11) is 0. The Morgan fingerprint density at radius 1 is 1.42 bits per heavy atom. The first-order chi connectivity index (χ1) is 12.3. The molecule has 1 aliphatic rings. The second-order valence-corrected chi connectivity index (χ2v) is 7.48. The van der Waals surface area contributed by atoms with Gasteiger partial charge in [-0.25, -0.2) is 0 Å². The van der Waals surface area contributed by atoms with Crippen molar-refractivity contribution in [3.63, 3.8) is 0 Å². The lowest BCUT2D eigenvalue weighted by atomic mass is 9.73. The number of aliphatic carboxylic acids is 1. The summed E-state index contributed by atoms with van der Waals surface area (Å²) in [6.07, 6.45) is 0.827. The lowest BCUT2D eigenvalue weighted by Crippen LogP contribution is -2.54. The summed E-state index contributed by atoms with van der Waals surface area (Å²) >= 11 is 0. The van der Waals surface area contributed by atoms with Gasteiger partial charge in [0, 0.05) is 18.7 Å². The minimum absolute atomic E-state index is 0.0334. The van der Waals surface area contributed by atoms with E-state index in [9.17, 15) is 20.1 Å². The summed E-state index contributed by atoms with van der Waals surface area (Å²) in [5, 5.41) is 29.7. The SMILES string of the molecule is CCC[C@]1(C(=O)O)CCN(Cc2ccc(OC(C)C)c(CO)c2)C[C@H]1O. The highest BCUT2D eigenvalue weighted by molar-refractivity contribution is 5.75. The summed E-state index contributed by atoms with van der Waals surface area (Å²) < 4.78 is 5.70. The van der Waals surface area contributed by atoms with E-state index in [-0.39, 0.29) is 12.7 Å². The molecule has 1 heterocycles. The average molecular weight is 365 g/mol. The Morgan fingerprint density at radius 2 is 2.15 bits per heavy atom. The fourth-order valence-corrected chi connectivity index (χ4v) is 3.75. The van der Waals surface area contributed by atoms with E-state index in [0.717, 1.165) is 17.5 Å². The van der Waals surface area contributed by atoms with Crippen LogP contribution in [0.5, 0.6) is 5.75 Å². The zero-order valence-corrected chi connectivity index (χ0v) is 15.9. The third-order valence-corrected chi connectivity index (χ3v) is 5.13. The van der Waals surface area contributed by atoms with Crippen molar-refractivity contribution in [2.45, 2.75) is 65.4 Å². The standard InChI is InChI=1S/C20H31NO5/c1-4-7-20(19(24)25)8-9-21(12-18(20)23)11-15-5-6-17(26-14(2)3)16(10-15)13-22/h5-6,10,14,18,22-23H,4,7-9,11-13H2,1-3H3,(H,24,25)/t18-,20+/m1/s1. The number of hydrogen-bond donors (Lipinski definition) is 3. The summed E-state index contributed by atoms with van der Waals surface area (Å²) in [6.45, 7) is 7.30. The van der Waals surface area contributed by atoms with E-state index in [1.54, 1.807) is 0 Å². The average Bonchev–Trinajstić information content (AvgIpc) is 2.58. The van der Waals surface area contributed by atoms with Crippen LogP contribution in [0.3, 0.4) is 0 Å². The molecule has 0 amide bonds. The van der Waals surface area contributed by atoms with Crippen molar-refractivity contribution in [3.05, 3.63) is 29.3 Å². The number of β-amino-alcohol motifs (C(OH)–C–C–N with tert-alkyl or cyclic N) is 1. The van der Waals surface area contributed by atoms with Crippen molar-refractivity contribution in [1.29, 1.82) is 0 Å². The van der Waals surface area contributed by atoms with E-state index >= 15 is 0 Å². The highest BCUT2D eigenvalue weighted by Gasteiger charge is 2.47. The van der Waals surface area contributed by atoms with E-state index in [0.29, 0.717) is 38.2 Å². The second-order valence-electron chi connectivity index (χ2n) is 7.48. The molecular formula is C20H31NO5. The Bertz CT molecular complexity index is 618.